The van der Waals surface area contributed by atoms with Gasteiger partial charge in [0, 0.05) is 6.07 Å². The van der Waals surface area contributed by atoms with Gasteiger partial charge in [-0.2, -0.15) is 8.78 Å². The Hall–Kier alpha value is -2.58. The van der Waals surface area contributed by atoms with Gasteiger partial charge < -0.3 is 14.2 Å². The summed E-state index contributed by atoms with van der Waals surface area (Å²) in [5, 5.41) is 0. The molecule has 0 atom stereocenters. The van der Waals surface area contributed by atoms with Crippen molar-refractivity contribution in [1.82, 2.24) is 0 Å². The normalized spacial score (nSPS) is 12.0. The number of rotatable bonds is 9. The summed E-state index contributed by atoms with van der Waals surface area (Å²) >= 11 is 0. The van der Waals surface area contributed by atoms with E-state index in [-0.39, 0.29) is 6.42 Å². The van der Waals surface area contributed by atoms with Gasteiger partial charge in [-0.1, -0.05) is 19.1 Å². The Morgan fingerprint density at radius 1 is 0.857 bits per heavy atom. The van der Waals surface area contributed by atoms with Gasteiger partial charge >= 0.3 is 12.5 Å². The molecule has 0 heterocycles. The number of benzene rings is 2. The van der Waals surface area contributed by atoms with Crippen LogP contribution in [0.15, 0.2) is 42.5 Å². The second-order valence-corrected chi connectivity index (χ2v) is 5.87. The first-order valence-corrected chi connectivity index (χ1v) is 8.42. The Labute approximate surface area is 157 Å². The van der Waals surface area contributed by atoms with E-state index in [9.17, 15) is 26.3 Å². The molecule has 0 aliphatic heterocycles. The molecule has 0 aliphatic carbocycles. The third-order valence-corrected chi connectivity index (χ3v) is 3.50. The molecule has 0 radical (unpaired) electrons. The lowest BCUT2D eigenvalue weighted by molar-refractivity contribution is -0.275. The van der Waals surface area contributed by atoms with Crippen LogP contribution in [0.3, 0.4) is 0 Å². The predicted octanol–water partition coefficient (Wildman–Crippen LogP) is 6.12. The SMILES string of the molecule is CCCOc1ccc(CCC(F)(F)Oc2ccc(OC(F)(F)F)c(F)c2)cc1. The van der Waals surface area contributed by atoms with Crippen LogP contribution in [0.1, 0.15) is 25.3 Å². The largest absolute Gasteiger partial charge is 0.573 e. The highest BCUT2D eigenvalue weighted by Crippen LogP contribution is 2.31. The zero-order valence-corrected chi connectivity index (χ0v) is 14.9. The molecule has 0 saturated carbocycles. The highest BCUT2D eigenvalue weighted by atomic mass is 19.4. The summed E-state index contributed by atoms with van der Waals surface area (Å²) in [6, 6.07) is 8.38. The zero-order valence-electron chi connectivity index (χ0n) is 14.9. The Bertz CT molecular complexity index is 759. The molecule has 0 aromatic heterocycles. The molecule has 9 heteroatoms. The first-order chi connectivity index (χ1) is 13.1. The van der Waals surface area contributed by atoms with E-state index in [2.05, 4.69) is 9.47 Å². The summed E-state index contributed by atoms with van der Waals surface area (Å²) in [5.41, 5.74) is 0.618. The molecule has 0 saturated heterocycles. The minimum atomic E-state index is -5.09. The number of hydrogen-bond donors (Lipinski definition) is 0. The van der Waals surface area contributed by atoms with Crippen LogP contribution in [0.2, 0.25) is 0 Å². The monoisotopic (exact) mass is 408 g/mol. The van der Waals surface area contributed by atoms with E-state index in [1.165, 1.54) is 0 Å². The summed E-state index contributed by atoms with van der Waals surface area (Å²) in [4.78, 5) is 0. The molecule has 2 rings (SSSR count). The van der Waals surface area contributed by atoms with Gasteiger partial charge in [0.2, 0.25) is 0 Å². The first-order valence-electron chi connectivity index (χ1n) is 8.42. The maximum absolute atomic E-state index is 14.0. The average Bonchev–Trinajstić information content (AvgIpc) is 2.60. The molecule has 0 fully saturated rings. The first kappa shape index (κ1) is 21.7. The number of alkyl halides is 5. The van der Waals surface area contributed by atoms with Gasteiger partial charge in [0.1, 0.15) is 11.5 Å². The topological polar surface area (TPSA) is 27.7 Å². The number of halogens is 6. The number of ether oxygens (including phenoxy) is 3. The zero-order chi connectivity index (χ0) is 20.8. The minimum absolute atomic E-state index is 0.0290. The van der Waals surface area contributed by atoms with E-state index in [0.717, 1.165) is 12.5 Å². The standard InChI is InChI=1S/C19H18F6O3/c1-2-11-26-14-5-3-13(4-6-14)9-10-18(21,22)27-15-7-8-17(16(20)12-15)28-19(23,24)25/h3-8,12H,2,9-11H2,1H3. The van der Waals surface area contributed by atoms with E-state index < -0.39 is 36.2 Å². The molecule has 3 nitrogen and oxygen atoms in total. The van der Waals surface area contributed by atoms with Crippen LogP contribution < -0.4 is 14.2 Å². The lowest BCUT2D eigenvalue weighted by Gasteiger charge is -2.19. The molecule has 0 N–H and O–H groups in total. The van der Waals surface area contributed by atoms with E-state index in [0.29, 0.717) is 30.1 Å². The van der Waals surface area contributed by atoms with Crippen molar-refractivity contribution in [3.8, 4) is 17.2 Å². The Balaban J connectivity index is 1.93. The van der Waals surface area contributed by atoms with Crippen LogP contribution >= 0.6 is 0 Å². The molecule has 0 bridgehead atoms. The predicted molar refractivity (Wildman–Crippen MR) is 89.2 cm³/mol. The summed E-state index contributed by atoms with van der Waals surface area (Å²) in [7, 11) is 0. The third-order valence-electron chi connectivity index (χ3n) is 3.50. The molecule has 0 unspecified atom stereocenters. The van der Waals surface area contributed by atoms with Gasteiger partial charge in [-0.05, 0) is 42.7 Å². The Kier molecular flexibility index (Phi) is 7.04. The fourth-order valence-electron chi connectivity index (χ4n) is 2.24. The maximum Gasteiger partial charge on any atom is 0.573 e. The molecule has 154 valence electrons. The van der Waals surface area contributed by atoms with Crippen molar-refractivity contribution >= 4 is 0 Å². The summed E-state index contributed by atoms with van der Waals surface area (Å²) in [6.07, 6.45) is -8.63. The van der Waals surface area contributed by atoms with Crippen molar-refractivity contribution in [1.29, 1.82) is 0 Å². The van der Waals surface area contributed by atoms with Crippen LogP contribution in [-0.2, 0) is 6.42 Å². The fraction of sp³-hybridized carbons (Fsp3) is 0.368. The summed E-state index contributed by atoms with van der Waals surface area (Å²) < 4.78 is 91.0. The Morgan fingerprint density at radius 2 is 1.50 bits per heavy atom. The van der Waals surface area contributed by atoms with Crippen molar-refractivity contribution in [2.75, 3.05) is 6.61 Å². The van der Waals surface area contributed by atoms with E-state index in [1.54, 1.807) is 24.3 Å². The van der Waals surface area contributed by atoms with E-state index in [4.69, 9.17) is 4.74 Å². The fourth-order valence-corrected chi connectivity index (χ4v) is 2.24. The van der Waals surface area contributed by atoms with Crippen LogP contribution in [0.25, 0.3) is 0 Å². The molecule has 2 aromatic rings. The summed E-state index contributed by atoms with van der Waals surface area (Å²) in [6.45, 7) is 2.51. The highest BCUT2D eigenvalue weighted by molar-refractivity contribution is 5.33. The molecular weight excluding hydrogens is 390 g/mol. The Morgan fingerprint density at radius 3 is 2.07 bits per heavy atom. The van der Waals surface area contributed by atoms with Gasteiger partial charge in [-0.3, -0.25) is 0 Å². The van der Waals surface area contributed by atoms with Gasteiger partial charge in [0.05, 0.1) is 13.0 Å². The second kappa shape index (κ2) is 9.07. The maximum atomic E-state index is 14.0. The van der Waals surface area contributed by atoms with E-state index >= 15 is 0 Å². The van der Waals surface area contributed by atoms with E-state index in [1.807, 2.05) is 6.92 Å². The van der Waals surface area contributed by atoms with Crippen LogP contribution in [0.4, 0.5) is 26.3 Å². The minimum Gasteiger partial charge on any atom is -0.494 e. The second-order valence-electron chi connectivity index (χ2n) is 5.87. The van der Waals surface area contributed by atoms with Gasteiger partial charge in [0.15, 0.2) is 11.6 Å². The van der Waals surface area contributed by atoms with Crippen LogP contribution in [0, 0.1) is 5.82 Å². The van der Waals surface area contributed by atoms with Crippen molar-refractivity contribution in [2.24, 2.45) is 0 Å². The van der Waals surface area contributed by atoms with Crippen LogP contribution in [0.5, 0.6) is 17.2 Å². The van der Waals surface area contributed by atoms with Crippen molar-refractivity contribution in [3.63, 3.8) is 0 Å². The molecule has 0 spiro atoms. The van der Waals surface area contributed by atoms with Crippen LogP contribution in [-0.4, -0.2) is 19.1 Å². The molecule has 0 amide bonds. The van der Waals surface area contributed by atoms with Gasteiger partial charge in [0.25, 0.3) is 0 Å². The quantitative estimate of drug-likeness (QED) is 0.468. The lowest BCUT2D eigenvalue weighted by atomic mass is 10.1. The molecule has 2 aromatic carbocycles. The third kappa shape index (κ3) is 7.21. The molecule has 0 aliphatic rings. The number of aryl methyl sites for hydroxylation is 1. The average molecular weight is 408 g/mol. The smallest absolute Gasteiger partial charge is 0.494 e. The number of hydrogen-bond acceptors (Lipinski definition) is 3. The summed E-state index contributed by atoms with van der Waals surface area (Å²) in [5.74, 6) is -2.58. The van der Waals surface area contributed by atoms with Crippen molar-refractivity contribution in [2.45, 2.75) is 38.7 Å². The van der Waals surface area contributed by atoms with Crippen molar-refractivity contribution in [3.05, 3.63) is 53.8 Å². The molecular formula is C19H18F6O3. The van der Waals surface area contributed by atoms with Gasteiger partial charge in [-0.15, -0.1) is 13.2 Å². The van der Waals surface area contributed by atoms with Crippen molar-refractivity contribution < 1.29 is 40.6 Å². The van der Waals surface area contributed by atoms with Gasteiger partial charge in [-0.25, -0.2) is 4.39 Å². The highest BCUT2D eigenvalue weighted by Gasteiger charge is 2.34. The lowest BCUT2D eigenvalue weighted by Crippen LogP contribution is -2.25. The molecule has 28 heavy (non-hydrogen) atoms.